The van der Waals surface area contributed by atoms with Crippen LogP contribution in [0.1, 0.15) is 92.4 Å². The van der Waals surface area contributed by atoms with E-state index in [2.05, 4.69) is 33.0 Å². The van der Waals surface area contributed by atoms with Crippen molar-refractivity contribution in [1.82, 2.24) is 5.32 Å². The highest BCUT2D eigenvalue weighted by Gasteiger charge is 2.64. The molecule has 0 aromatic carbocycles. The van der Waals surface area contributed by atoms with Crippen LogP contribution in [0, 0.1) is 58.2 Å². The Kier molecular flexibility index (Phi) is 8.47. The first-order chi connectivity index (χ1) is 17.2. The third kappa shape index (κ3) is 5.38. The van der Waals surface area contributed by atoms with E-state index in [0.717, 1.165) is 57.8 Å². The van der Waals surface area contributed by atoms with Gasteiger partial charge in [-0.1, -0.05) is 41.0 Å². The molecule has 12 atom stereocenters. The zero-order valence-electron chi connectivity index (χ0n) is 23.5. The largest absolute Gasteiger partial charge is 0.393 e. The maximum atomic E-state index is 12.6. The second-order valence-electron chi connectivity index (χ2n) is 13.8. The number of fused-ring (bicyclic) bond motifs is 5. The number of hydrogen-bond donors (Lipinski definition) is 4. The molecule has 4 aliphatic carbocycles. The van der Waals surface area contributed by atoms with E-state index in [1.165, 1.54) is 0 Å². The summed E-state index contributed by atoms with van der Waals surface area (Å²) in [5.74, 6) is 1.98. The molecule has 0 radical (unpaired) electrons. The van der Waals surface area contributed by atoms with Gasteiger partial charge in [0.2, 0.25) is 5.91 Å². The van der Waals surface area contributed by atoms with Crippen LogP contribution in [0.5, 0.6) is 0 Å². The van der Waals surface area contributed by atoms with Gasteiger partial charge in [-0.25, -0.2) is 0 Å². The lowest BCUT2D eigenvalue weighted by Gasteiger charge is -2.64. The van der Waals surface area contributed by atoms with Crippen LogP contribution in [0.25, 0.3) is 0 Å². The molecular weight excluding hydrogens is 490 g/mol. The Balaban J connectivity index is 1.47. The average molecular weight is 542 g/mol. The van der Waals surface area contributed by atoms with E-state index in [9.17, 15) is 23.4 Å². The van der Waals surface area contributed by atoms with Crippen molar-refractivity contribution in [3.63, 3.8) is 0 Å². The normalized spacial score (nSPS) is 45.3. The minimum absolute atomic E-state index is 0.0735. The third-order valence-corrected chi connectivity index (χ3v) is 12.7. The molecule has 4 rings (SSSR count). The first-order valence-corrected chi connectivity index (χ1v) is 16.4. The monoisotopic (exact) mass is 541 g/mol. The van der Waals surface area contributed by atoms with Crippen LogP contribution in [0.3, 0.4) is 0 Å². The summed E-state index contributed by atoms with van der Waals surface area (Å²) in [5.41, 5.74) is 0.349. The molecule has 214 valence electrons. The Morgan fingerprint density at radius 1 is 1.00 bits per heavy atom. The lowest BCUT2D eigenvalue weighted by Crippen LogP contribution is -2.62. The van der Waals surface area contributed by atoms with Crippen LogP contribution < -0.4 is 5.32 Å². The van der Waals surface area contributed by atoms with E-state index in [4.69, 9.17) is 4.55 Å². The van der Waals surface area contributed by atoms with Gasteiger partial charge in [0.15, 0.2) is 0 Å². The van der Waals surface area contributed by atoms with Crippen LogP contribution in [0.4, 0.5) is 0 Å². The molecule has 0 spiro atoms. The number of aliphatic hydroxyl groups excluding tert-OH is 2. The van der Waals surface area contributed by atoms with Gasteiger partial charge in [0.25, 0.3) is 10.1 Å². The van der Waals surface area contributed by atoms with Crippen LogP contribution in [-0.4, -0.2) is 53.6 Å². The van der Waals surface area contributed by atoms with E-state index < -0.39 is 15.9 Å². The van der Waals surface area contributed by atoms with Crippen molar-refractivity contribution in [1.29, 1.82) is 0 Å². The van der Waals surface area contributed by atoms with Gasteiger partial charge in [-0.3, -0.25) is 9.35 Å². The van der Waals surface area contributed by atoms with Crippen LogP contribution in [0.2, 0.25) is 0 Å². The number of rotatable bonds is 8. The molecule has 1 amide bonds. The average Bonchev–Trinajstić information content (AvgIpc) is 3.16. The van der Waals surface area contributed by atoms with E-state index in [1.54, 1.807) is 0 Å². The van der Waals surface area contributed by atoms with Gasteiger partial charge < -0.3 is 15.5 Å². The van der Waals surface area contributed by atoms with Gasteiger partial charge in [-0.2, -0.15) is 8.42 Å². The van der Waals surface area contributed by atoms with Crippen LogP contribution >= 0.6 is 0 Å². The quantitative estimate of drug-likeness (QED) is 0.340. The zero-order chi connectivity index (χ0) is 27.3. The Hall–Kier alpha value is -0.700. The minimum Gasteiger partial charge on any atom is -0.393 e. The molecule has 7 nitrogen and oxygen atoms in total. The molecule has 0 saturated heterocycles. The maximum Gasteiger partial charge on any atom is 0.266 e. The predicted octanol–water partition coefficient (Wildman–Crippen LogP) is 4.28. The summed E-state index contributed by atoms with van der Waals surface area (Å²) in [6.07, 6.45) is 8.54. The summed E-state index contributed by atoms with van der Waals surface area (Å²) in [5, 5.41) is 25.0. The first kappa shape index (κ1) is 29.3. The molecule has 0 bridgehead atoms. The molecule has 0 heterocycles. The van der Waals surface area contributed by atoms with Gasteiger partial charge in [0.05, 0.1) is 18.0 Å². The van der Waals surface area contributed by atoms with Crippen molar-refractivity contribution in [2.45, 2.75) is 105 Å². The number of carbonyl (C=O) groups is 1. The fourth-order valence-electron chi connectivity index (χ4n) is 10.2. The number of nitrogens with one attached hydrogen (secondary N) is 1. The lowest BCUT2D eigenvalue weighted by molar-refractivity contribution is -0.203. The smallest absolute Gasteiger partial charge is 0.266 e. The third-order valence-electron chi connectivity index (χ3n) is 12.0. The van der Waals surface area contributed by atoms with Crippen molar-refractivity contribution in [2.75, 3.05) is 12.3 Å². The molecule has 0 aromatic rings. The summed E-state index contributed by atoms with van der Waals surface area (Å²) < 4.78 is 30.8. The highest BCUT2D eigenvalue weighted by Crippen LogP contribution is 2.69. The number of aliphatic hydroxyl groups is 2. The predicted molar refractivity (Wildman–Crippen MR) is 144 cm³/mol. The zero-order valence-corrected chi connectivity index (χ0v) is 24.3. The van der Waals surface area contributed by atoms with E-state index in [0.29, 0.717) is 35.5 Å². The SMILES string of the molecule is CC[C@H]1[C@@H](O)C2C3CC[C@H]([C@@H](C)C[C@H](C)C(=O)NCCS(=O)(=O)O)[C@@]3(C)CCC2[C@@]2(C)CC[C@@H](O)C[C@@H]12. The molecular formula is C29H51NO6S. The topological polar surface area (TPSA) is 124 Å². The van der Waals surface area contributed by atoms with E-state index >= 15 is 0 Å². The molecule has 4 N–H and O–H groups in total. The fourth-order valence-corrected chi connectivity index (χ4v) is 10.6. The standard InChI is InChI=1S/C29H51NO6S/c1-6-20-24-16-19(31)9-11-29(24,5)23-10-12-28(4)21(7-8-22(28)25(23)26(20)32)17(2)15-18(3)27(33)30-13-14-37(34,35)36/h17-26,31-32H,6-16H2,1-5H3,(H,30,33)(H,34,35,36)/t17-,18-,19+,20+,21+,22?,23?,24-,25?,26+,28+,29+/m0/s1. The Morgan fingerprint density at radius 2 is 1.65 bits per heavy atom. The summed E-state index contributed by atoms with van der Waals surface area (Å²) in [6.45, 7) is 11.2. The van der Waals surface area contributed by atoms with Crippen molar-refractivity contribution >= 4 is 16.0 Å². The molecule has 3 unspecified atom stereocenters. The number of carbonyl (C=O) groups excluding carboxylic acids is 1. The van der Waals surface area contributed by atoms with Gasteiger partial charge in [-0.15, -0.1) is 0 Å². The molecule has 4 fully saturated rings. The highest BCUT2D eigenvalue weighted by molar-refractivity contribution is 7.85. The summed E-state index contributed by atoms with van der Waals surface area (Å²) in [6, 6.07) is 0. The molecule has 37 heavy (non-hydrogen) atoms. The first-order valence-electron chi connectivity index (χ1n) is 14.8. The summed E-state index contributed by atoms with van der Waals surface area (Å²) >= 11 is 0. The van der Waals surface area contributed by atoms with Gasteiger partial charge in [0.1, 0.15) is 0 Å². The highest BCUT2D eigenvalue weighted by atomic mass is 32.2. The lowest BCUT2D eigenvalue weighted by atomic mass is 9.41. The van der Waals surface area contributed by atoms with Gasteiger partial charge in [-0.05, 0) is 104 Å². The summed E-state index contributed by atoms with van der Waals surface area (Å²) in [7, 11) is -4.09. The van der Waals surface area contributed by atoms with Crippen molar-refractivity contribution in [2.24, 2.45) is 58.2 Å². The van der Waals surface area contributed by atoms with Crippen LogP contribution in [0.15, 0.2) is 0 Å². The second kappa shape index (κ2) is 10.7. The second-order valence-corrected chi connectivity index (χ2v) is 15.4. The number of hydrogen-bond acceptors (Lipinski definition) is 5. The van der Waals surface area contributed by atoms with Crippen molar-refractivity contribution in [3.05, 3.63) is 0 Å². The molecule has 8 heteroatoms. The molecule has 0 aromatic heterocycles. The molecule has 4 saturated carbocycles. The molecule has 0 aliphatic heterocycles. The van der Waals surface area contributed by atoms with E-state index in [-0.39, 0.29) is 47.3 Å². The fraction of sp³-hybridized carbons (Fsp3) is 0.966. The Bertz CT molecular complexity index is 941. The van der Waals surface area contributed by atoms with Crippen molar-refractivity contribution in [3.8, 4) is 0 Å². The maximum absolute atomic E-state index is 12.6. The Labute approximate surface area is 224 Å². The summed E-state index contributed by atoms with van der Waals surface area (Å²) in [4.78, 5) is 12.6. The van der Waals surface area contributed by atoms with Crippen LogP contribution in [-0.2, 0) is 14.9 Å². The van der Waals surface area contributed by atoms with Crippen molar-refractivity contribution < 1.29 is 28.0 Å². The van der Waals surface area contributed by atoms with E-state index in [1.807, 2.05) is 6.92 Å². The number of amides is 1. The van der Waals surface area contributed by atoms with Gasteiger partial charge >= 0.3 is 0 Å². The molecule has 4 aliphatic rings. The minimum atomic E-state index is -4.09. The Morgan fingerprint density at radius 3 is 2.30 bits per heavy atom. The van der Waals surface area contributed by atoms with Gasteiger partial charge in [0, 0.05) is 12.5 Å².